The van der Waals surface area contributed by atoms with Crippen LogP contribution in [0.4, 0.5) is 0 Å². The predicted molar refractivity (Wildman–Crippen MR) is 56.9 cm³/mol. The van der Waals surface area contributed by atoms with E-state index in [2.05, 4.69) is 9.97 Å². The van der Waals surface area contributed by atoms with Crippen LogP contribution < -0.4 is 0 Å². The molecular weight excluding hydrogens is 172 g/mol. The molecule has 70 valence electrons. The lowest BCUT2D eigenvalue weighted by Crippen LogP contribution is -1.86. The van der Waals surface area contributed by atoms with Gasteiger partial charge in [-0.05, 0) is 37.5 Å². The summed E-state index contributed by atoms with van der Waals surface area (Å²) < 4.78 is 43.5. The second kappa shape index (κ2) is 3.58. The summed E-state index contributed by atoms with van der Waals surface area (Å²) in [5, 5.41) is 0. The standard InChI is InChI=1S/C12H12N2/c1-9-3-6-12(14-7-9)11-5-4-10(2)13-8-11/h3-8H,1-2H3/i1D3,2D3. The van der Waals surface area contributed by atoms with E-state index in [1.54, 1.807) is 12.1 Å². The van der Waals surface area contributed by atoms with E-state index < -0.39 is 13.7 Å². The van der Waals surface area contributed by atoms with Crippen molar-refractivity contribution in [3.05, 3.63) is 47.9 Å². The van der Waals surface area contributed by atoms with E-state index in [0.29, 0.717) is 11.3 Å². The highest BCUT2D eigenvalue weighted by molar-refractivity contribution is 5.57. The normalized spacial score (nSPS) is 18.3. The van der Waals surface area contributed by atoms with Crippen molar-refractivity contribution >= 4 is 0 Å². The monoisotopic (exact) mass is 190 g/mol. The van der Waals surface area contributed by atoms with Gasteiger partial charge in [0, 0.05) is 31.9 Å². The minimum atomic E-state index is -2.24. The molecule has 0 N–H and O–H groups in total. The van der Waals surface area contributed by atoms with E-state index in [1.165, 1.54) is 24.5 Å². The van der Waals surface area contributed by atoms with E-state index in [4.69, 9.17) is 8.22 Å². The SMILES string of the molecule is [2H]C([2H])([2H])c1ccc(-c2ccc(C([2H])([2H])[2H])nc2)nc1. The Hall–Kier alpha value is -1.70. The number of aryl methyl sites for hydroxylation is 2. The van der Waals surface area contributed by atoms with Gasteiger partial charge in [0.2, 0.25) is 0 Å². The Morgan fingerprint density at radius 1 is 1.00 bits per heavy atom. The summed E-state index contributed by atoms with van der Waals surface area (Å²) in [6, 6.07) is 6.08. The summed E-state index contributed by atoms with van der Waals surface area (Å²) in [5.41, 5.74) is 1.35. The van der Waals surface area contributed by atoms with Gasteiger partial charge in [-0.25, -0.2) is 0 Å². The summed E-state index contributed by atoms with van der Waals surface area (Å²) in [5.74, 6) is 0. The zero-order valence-electron chi connectivity index (χ0n) is 13.4. The summed E-state index contributed by atoms with van der Waals surface area (Å²) >= 11 is 0. The highest BCUT2D eigenvalue weighted by atomic mass is 14.7. The first kappa shape index (κ1) is 4.22. The summed E-state index contributed by atoms with van der Waals surface area (Å²) in [6.07, 6.45) is 2.71. The lowest BCUT2D eigenvalue weighted by atomic mass is 10.1. The molecule has 2 aromatic rings. The molecule has 0 fully saturated rings. The molecule has 2 heteroatoms. The molecule has 0 aliphatic carbocycles. The van der Waals surface area contributed by atoms with E-state index >= 15 is 0 Å². The van der Waals surface area contributed by atoms with Crippen LogP contribution in [0.15, 0.2) is 36.7 Å². The highest BCUT2D eigenvalue weighted by Crippen LogP contribution is 2.15. The van der Waals surface area contributed by atoms with Crippen molar-refractivity contribution in [2.75, 3.05) is 0 Å². The second-order valence-electron chi connectivity index (χ2n) is 2.86. The average Bonchev–Trinajstić information content (AvgIpc) is 2.37. The van der Waals surface area contributed by atoms with Crippen LogP contribution in [-0.2, 0) is 0 Å². The van der Waals surface area contributed by atoms with Gasteiger partial charge in [0.15, 0.2) is 0 Å². The van der Waals surface area contributed by atoms with Crippen molar-refractivity contribution in [3.8, 4) is 11.3 Å². The van der Waals surface area contributed by atoms with Crippen LogP contribution in [0.5, 0.6) is 0 Å². The molecule has 2 aromatic heterocycles. The molecule has 0 saturated carbocycles. The van der Waals surface area contributed by atoms with Crippen molar-refractivity contribution in [1.82, 2.24) is 9.97 Å². The van der Waals surface area contributed by atoms with Crippen LogP contribution in [0.3, 0.4) is 0 Å². The van der Waals surface area contributed by atoms with Crippen molar-refractivity contribution in [1.29, 1.82) is 0 Å². The smallest absolute Gasteiger partial charge is 0.0717 e. The summed E-state index contributed by atoms with van der Waals surface area (Å²) in [6.45, 7) is -4.42. The third-order valence-electron chi connectivity index (χ3n) is 1.82. The van der Waals surface area contributed by atoms with E-state index in [9.17, 15) is 0 Å². The molecule has 2 rings (SSSR count). The summed E-state index contributed by atoms with van der Waals surface area (Å²) in [7, 11) is 0. The van der Waals surface area contributed by atoms with E-state index in [0.717, 1.165) is 0 Å². The van der Waals surface area contributed by atoms with Gasteiger partial charge in [-0.1, -0.05) is 6.07 Å². The van der Waals surface area contributed by atoms with Crippen LogP contribution in [0.25, 0.3) is 11.3 Å². The zero-order chi connectivity index (χ0) is 15.0. The van der Waals surface area contributed by atoms with Gasteiger partial charge < -0.3 is 0 Å². The van der Waals surface area contributed by atoms with Crippen molar-refractivity contribution < 1.29 is 8.22 Å². The van der Waals surface area contributed by atoms with Gasteiger partial charge in [-0.3, -0.25) is 9.97 Å². The zero-order valence-corrected chi connectivity index (χ0v) is 7.36. The minimum Gasteiger partial charge on any atom is -0.261 e. The Morgan fingerprint density at radius 3 is 2.57 bits per heavy atom. The quantitative estimate of drug-likeness (QED) is 0.691. The molecule has 0 bridgehead atoms. The van der Waals surface area contributed by atoms with E-state index in [1.807, 2.05) is 0 Å². The fourth-order valence-corrected chi connectivity index (χ4v) is 1.11. The molecule has 0 aliphatic rings. The van der Waals surface area contributed by atoms with Gasteiger partial charge in [0.1, 0.15) is 0 Å². The number of rotatable bonds is 1. The van der Waals surface area contributed by atoms with Gasteiger partial charge in [-0.15, -0.1) is 0 Å². The molecule has 2 nitrogen and oxygen atoms in total. The first-order valence-electron chi connectivity index (χ1n) is 7.11. The van der Waals surface area contributed by atoms with Gasteiger partial charge in [-0.2, -0.15) is 0 Å². The molecular formula is C12H12N2. The largest absolute Gasteiger partial charge is 0.261 e. The average molecular weight is 190 g/mol. The second-order valence-corrected chi connectivity index (χ2v) is 2.86. The van der Waals surface area contributed by atoms with Crippen LogP contribution in [-0.4, -0.2) is 9.97 Å². The van der Waals surface area contributed by atoms with Crippen molar-refractivity contribution in [2.45, 2.75) is 13.7 Å². The number of aromatic nitrogens is 2. The fourth-order valence-electron chi connectivity index (χ4n) is 1.11. The third-order valence-corrected chi connectivity index (χ3v) is 1.82. The Balaban J connectivity index is 2.29. The Bertz CT molecular complexity index is 528. The molecule has 0 unspecified atom stereocenters. The minimum absolute atomic E-state index is 0.0142. The number of nitrogens with zero attached hydrogens (tertiary/aromatic N) is 2. The molecule has 0 radical (unpaired) electrons. The predicted octanol–water partition coefficient (Wildman–Crippen LogP) is 2.76. The molecule has 0 atom stereocenters. The Labute approximate surface area is 92.1 Å². The lowest BCUT2D eigenvalue weighted by molar-refractivity contribution is 1.19. The van der Waals surface area contributed by atoms with Crippen LogP contribution in [0.2, 0.25) is 0 Å². The third kappa shape index (κ3) is 1.79. The maximum Gasteiger partial charge on any atom is 0.0717 e. The Kier molecular flexibility index (Phi) is 1.08. The van der Waals surface area contributed by atoms with Crippen LogP contribution >= 0.6 is 0 Å². The van der Waals surface area contributed by atoms with Crippen molar-refractivity contribution in [2.24, 2.45) is 0 Å². The molecule has 0 aromatic carbocycles. The first-order chi connectivity index (χ1) is 9.18. The topological polar surface area (TPSA) is 25.8 Å². The van der Waals surface area contributed by atoms with Gasteiger partial charge in [0.25, 0.3) is 0 Å². The highest BCUT2D eigenvalue weighted by Gasteiger charge is 1.97. The molecule has 14 heavy (non-hydrogen) atoms. The molecule has 0 saturated heterocycles. The summed E-state index contributed by atoms with van der Waals surface area (Å²) in [4.78, 5) is 7.95. The number of pyridine rings is 2. The number of hydrogen-bond acceptors (Lipinski definition) is 2. The van der Waals surface area contributed by atoms with Crippen molar-refractivity contribution in [3.63, 3.8) is 0 Å². The molecule has 2 heterocycles. The first-order valence-corrected chi connectivity index (χ1v) is 4.11. The molecule has 0 spiro atoms. The van der Waals surface area contributed by atoms with Crippen LogP contribution in [0.1, 0.15) is 19.5 Å². The maximum absolute atomic E-state index is 7.26. The number of hydrogen-bond donors (Lipinski definition) is 0. The molecule has 0 amide bonds. The van der Waals surface area contributed by atoms with Gasteiger partial charge >= 0.3 is 0 Å². The van der Waals surface area contributed by atoms with E-state index in [-0.39, 0.29) is 11.3 Å². The maximum atomic E-state index is 7.26. The molecule has 0 aliphatic heterocycles. The Morgan fingerprint density at radius 2 is 2.00 bits per heavy atom. The fraction of sp³-hybridized carbons (Fsp3) is 0.167. The van der Waals surface area contributed by atoms with Gasteiger partial charge in [0.05, 0.1) is 5.69 Å². The van der Waals surface area contributed by atoms with Crippen LogP contribution in [0, 0.1) is 13.7 Å². The lowest BCUT2D eigenvalue weighted by Gasteiger charge is -2.00.